The van der Waals surface area contributed by atoms with E-state index in [0.717, 1.165) is 62.3 Å². The standard InChI is InChI=1S/C26H28N4O2S/c1-33(31,32)26-17-20(18-27)23-16-19(7-8-21(23)26)4-3-11-29-12-14-30(15-13-29)25-6-2-5-24-22(25)9-10-28-24/h2,5-10,16-17,26,28H,3-4,11-15H2,1H3. The SMILES string of the molecule is CS(=O)(=O)C1C=C(C#N)c2cc(CCCN3CCN(c4cccc5[nH]ccc45)CC3)ccc21. The number of hydrogen-bond donors (Lipinski definition) is 1. The number of aromatic nitrogens is 1. The van der Waals surface area contributed by atoms with Crippen LogP contribution in [-0.4, -0.2) is 57.3 Å². The topological polar surface area (TPSA) is 80.2 Å². The number of piperazine rings is 1. The smallest absolute Gasteiger partial charge is 0.158 e. The predicted molar refractivity (Wildman–Crippen MR) is 133 cm³/mol. The Morgan fingerprint density at radius 1 is 1.12 bits per heavy atom. The molecule has 6 nitrogen and oxygen atoms in total. The van der Waals surface area contributed by atoms with Crippen LogP contribution in [0.5, 0.6) is 0 Å². The van der Waals surface area contributed by atoms with Crippen molar-refractivity contribution in [2.24, 2.45) is 0 Å². The third kappa shape index (κ3) is 4.29. The lowest BCUT2D eigenvalue weighted by Gasteiger charge is -2.36. The second-order valence-corrected chi connectivity index (χ2v) is 11.2. The van der Waals surface area contributed by atoms with Gasteiger partial charge < -0.3 is 9.88 Å². The molecule has 1 fully saturated rings. The van der Waals surface area contributed by atoms with Gasteiger partial charge in [0.25, 0.3) is 0 Å². The number of sulfone groups is 1. The molecule has 2 aromatic carbocycles. The first kappa shape index (κ1) is 21.7. The molecule has 1 aromatic heterocycles. The molecule has 5 rings (SSSR count). The van der Waals surface area contributed by atoms with E-state index >= 15 is 0 Å². The van der Waals surface area contributed by atoms with Crippen LogP contribution in [0.2, 0.25) is 0 Å². The molecular weight excluding hydrogens is 432 g/mol. The number of nitrogens with zero attached hydrogens (tertiary/aromatic N) is 3. The van der Waals surface area contributed by atoms with Crippen LogP contribution in [0, 0.1) is 11.3 Å². The lowest BCUT2D eigenvalue weighted by molar-refractivity contribution is 0.255. The molecule has 33 heavy (non-hydrogen) atoms. The summed E-state index contributed by atoms with van der Waals surface area (Å²) >= 11 is 0. The average molecular weight is 461 g/mol. The normalized spacial score (nSPS) is 18.8. The molecule has 1 N–H and O–H groups in total. The fraction of sp³-hybridized carbons (Fsp3) is 0.346. The van der Waals surface area contributed by atoms with Crippen molar-refractivity contribution in [1.82, 2.24) is 9.88 Å². The van der Waals surface area contributed by atoms with Gasteiger partial charge in [-0.15, -0.1) is 0 Å². The number of benzene rings is 2. The van der Waals surface area contributed by atoms with Crippen LogP contribution in [-0.2, 0) is 16.3 Å². The van der Waals surface area contributed by atoms with Gasteiger partial charge in [0.05, 0.1) is 11.6 Å². The summed E-state index contributed by atoms with van der Waals surface area (Å²) < 4.78 is 24.2. The van der Waals surface area contributed by atoms with Gasteiger partial charge in [0.1, 0.15) is 5.25 Å². The summed E-state index contributed by atoms with van der Waals surface area (Å²) in [5.41, 5.74) is 5.61. The molecule has 0 bridgehead atoms. The van der Waals surface area contributed by atoms with E-state index in [2.05, 4.69) is 45.1 Å². The number of rotatable bonds is 6. The summed E-state index contributed by atoms with van der Waals surface area (Å²) in [4.78, 5) is 8.28. The van der Waals surface area contributed by atoms with E-state index < -0.39 is 15.1 Å². The summed E-state index contributed by atoms with van der Waals surface area (Å²) in [7, 11) is -3.28. The Kier molecular flexibility index (Phi) is 5.73. The molecule has 3 aromatic rings. The fourth-order valence-electron chi connectivity index (χ4n) is 5.09. The molecule has 170 valence electrons. The lowest BCUT2D eigenvalue weighted by atomic mass is 10.00. The van der Waals surface area contributed by atoms with Crippen LogP contribution >= 0.6 is 0 Å². The van der Waals surface area contributed by atoms with Gasteiger partial charge in [-0.05, 0) is 60.4 Å². The zero-order valence-electron chi connectivity index (χ0n) is 18.8. The van der Waals surface area contributed by atoms with E-state index in [4.69, 9.17) is 0 Å². The number of nitriles is 1. The van der Waals surface area contributed by atoms with Gasteiger partial charge in [-0.25, -0.2) is 8.42 Å². The minimum Gasteiger partial charge on any atom is -0.368 e. The van der Waals surface area contributed by atoms with Crippen LogP contribution < -0.4 is 4.90 Å². The van der Waals surface area contributed by atoms with Crippen molar-refractivity contribution in [3.05, 3.63) is 71.4 Å². The Hall–Kier alpha value is -3.08. The van der Waals surface area contributed by atoms with E-state index in [1.807, 2.05) is 24.4 Å². The maximum absolute atomic E-state index is 12.1. The zero-order valence-corrected chi connectivity index (χ0v) is 19.6. The molecule has 0 spiro atoms. The average Bonchev–Trinajstić information content (AvgIpc) is 3.43. The Balaban J connectivity index is 1.17. The quantitative estimate of drug-likeness (QED) is 0.603. The third-order valence-corrected chi connectivity index (χ3v) is 8.15. The maximum atomic E-state index is 12.1. The number of H-pyrrole nitrogens is 1. The number of allylic oxidation sites excluding steroid dienone is 1. The molecule has 1 unspecified atom stereocenters. The van der Waals surface area contributed by atoms with Crippen LogP contribution in [0.3, 0.4) is 0 Å². The molecule has 1 aliphatic carbocycles. The van der Waals surface area contributed by atoms with Gasteiger partial charge in [0.15, 0.2) is 9.84 Å². The van der Waals surface area contributed by atoms with Crippen molar-refractivity contribution in [2.45, 2.75) is 18.1 Å². The molecule has 1 atom stereocenters. The summed E-state index contributed by atoms with van der Waals surface area (Å²) in [6.07, 6.45) is 6.76. The first-order valence-electron chi connectivity index (χ1n) is 11.4. The monoisotopic (exact) mass is 460 g/mol. The molecule has 0 amide bonds. The van der Waals surface area contributed by atoms with Gasteiger partial charge >= 0.3 is 0 Å². The molecule has 7 heteroatoms. The van der Waals surface area contributed by atoms with Crippen molar-refractivity contribution >= 4 is 32.0 Å². The second-order valence-electron chi connectivity index (χ2n) is 9.01. The Bertz CT molecular complexity index is 1360. The van der Waals surface area contributed by atoms with E-state index in [0.29, 0.717) is 5.57 Å². The summed E-state index contributed by atoms with van der Waals surface area (Å²) in [5, 5.41) is 10.0. The molecule has 2 aliphatic rings. The van der Waals surface area contributed by atoms with Crippen LogP contribution in [0.15, 0.2) is 54.7 Å². The largest absolute Gasteiger partial charge is 0.368 e. The Morgan fingerprint density at radius 3 is 2.70 bits per heavy atom. The van der Waals surface area contributed by atoms with Crippen molar-refractivity contribution in [1.29, 1.82) is 5.26 Å². The highest BCUT2D eigenvalue weighted by atomic mass is 32.2. The van der Waals surface area contributed by atoms with Crippen molar-refractivity contribution in [3.8, 4) is 6.07 Å². The van der Waals surface area contributed by atoms with Crippen molar-refractivity contribution in [3.63, 3.8) is 0 Å². The fourth-order valence-corrected chi connectivity index (χ4v) is 6.14. The highest BCUT2D eigenvalue weighted by Gasteiger charge is 2.30. The first-order valence-corrected chi connectivity index (χ1v) is 13.4. The second kappa shape index (κ2) is 8.69. The number of anilines is 1. The molecule has 2 heterocycles. The zero-order chi connectivity index (χ0) is 23.0. The van der Waals surface area contributed by atoms with Crippen molar-refractivity contribution in [2.75, 3.05) is 43.9 Å². The molecule has 0 radical (unpaired) electrons. The highest BCUT2D eigenvalue weighted by molar-refractivity contribution is 7.91. The van der Waals surface area contributed by atoms with Gasteiger partial charge in [0.2, 0.25) is 0 Å². The van der Waals surface area contributed by atoms with Crippen molar-refractivity contribution < 1.29 is 8.42 Å². The number of aryl methyl sites for hydroxylation is 1. The van der Waals surface area contributed by atoms with E-state index in [-0.39, 0.29) is 0 Å². The minimum absolute atomic E-state index is 0.468. The van der Waals surface area contributed by atoms with E-state index in [1.165, 1.54) is 22.8 Å². The molecule has 0 saturated carbocycles. The summed E-state index contributed by atoms with van der Waals surface area (Å²) in [6, 6.07) is 16.7. The van der Waals surface area contributed by atoms with E-state index in [1.54, 1.807) is 6.08 Å². The number of fused-ring (bicyclic) bond motifs is 2. The Morgan fingerprint density at radius 2 is 1.94 bits per heavy atom. The van der Waals surface area contributed by atoms with Gasteiger partial charge in [-0.3, -0.25) is 4.90 Å². The van der Waals surface area contributed by atoms with Gasteiger partial charge in [-0.2, -0.15) is 5.26 Å². The van der Waals surface area contributed by atoms with Crippen LogP contribution in [0.1, 0.15) is 28.4 Å². The minimum atomic E-state index is -3.28. The molecular formula is C26H28N4O2S. The molecule has 1 saturated heterocycles. The molecule has 1 aliphatic heterocycles. The van der Waals surface area contributed by atoms with Gasteiger partial charge in [-0.1, -0.05) is 24.3 Å². The predicted octanol–water partition coefficient (Wildman–Crippen LogP) is 3.93. The van der Waals surface area contributed by atoms with Crippen LogP contribution in [0.4, 0.5) is 5.69 Å². The first-order chi connectivity index (χ1) is 15.9. The maximum Gasteiger partial charge on any atom is 0.158 e. The Labute approximate surface area is 195 Å². The number of hydrogen-bond acceptors (Lipinski definition) is 5. The summed E-state index contributed by atoms with van der Waals surface area (Å²) in [6.45, 7) is 5.16. The lowest BCUT2D eigenvalue weighted by Crippen LogP contribution is -2.46. The van der Waals surface area contributed by atoms with E-state index in [9.17, 15) is 13.7 Å². The van der Waals surface area contributed by atoms with Gasteiger partial charge in [0, 0.05) is 55.2 Å². The number of nitrogens with one attached hydrogen (secondary N) is 1. The third-order valence-electron chi connectivity index (χ3n) is 6.84. The van der Waals surface area contributed by atoms with Crippen LogP contribution in [0.25, 0.3) is 16.5 Å². The highest BCUT2D eigenvalue weighted by Crippen LogP contribution is 2.39. The number of aromatic amines is 1. The summed E-state index contributed by atoms with van der Waals surface area (Å²) in [5.74, 6) is 0.